The Kier molecular flexibility index (Phi) is 6.13. The fourth-order valence-electron chi connectivity index (χ4n) is 3.11. The highest BCUT2D eigenvalue weighted by molar-refractivity contribution is 7.92. The maximum atomic E-state index is 13.0. The van der Waals surface area contributed by atoms with Crippen LogP contribution in [0.25, 0.3) is 0 Å². The molecule has 27 heavy (non-hydrogen) atoms. The Bertz CT molecular complexity index is 861. The van der Waals surface area contributed by atoms with Crippen molar-refractivity contribution < 1.29 is 17.9 Å². The minimum atomic E-state index is -3.69. The van der Waals surface area contributed by atoms with Crippen LogP contribution in [-0.4, -0.2) is 40.1 Å². The number of nitrogens with one attached hydrogen (secondary N) is 1. The first-order chi connectivity index (χ1) is 13.0. The molecule has 2 aromatic rings. The number of anilines is 1. The van der Waals surface area contributed by atoms with Gasteiger partial charge in [0.2, 0.25) is 0 Å². The molecule has 0 bridgehead atoms. The Morgan fingerprint density at radius 3 is 2.44 bits per heavy atom. The Balaban J connectivity index is 1.72. The molecule has 0 aromatic heterocycles. The molecule has 1 aliphatic rings. The first-order valence-corrected chi connectivity index (χ1v) is 10.5. The third-order valence-corrected chi connectivity index (χ3v) is 6.47. The highest BCUT2D eigenvalue weighted by Gasteiger charge is 2.24. The normalized spacial score (nSPS) is 16.9. The second-order valence-electron chi connectivity index (χ2n) is 6.37. The lowest BCUT2D eigenvalue weighted by molar-refractivity contribution is 0.0857. The van der Waals surface area contributed by atoms with Gasteiger partial charge >= 0.3 is 0 Å². The standard InChI is InChI=1S/C20H24N2O4S/c1-2-22(17-7-4-3-5-8-17)27(24,25)19-12-10-16(11-13-19)20(23)21-15-18-9-6-14-26-18/h3-5,7-8,10-13,18H,2,6,9,14-15H2,1H3,(H,21,23). The summed E-state index contributed by atoms with van der Waals surface area (Å²) in [6, 6.07) is 15.0. The molecule has 7 heteroatoms. The van der Waals surface area contributed by atoms with Crippen molar-refractivity contribution in [1.29, 1.82) is 0 Å². The van der Waals surface area contributed by atoms with Crippen molar-refractivity contribution in [2.24, 2.45) is 0 Å². The van der Waals surface area contributed by atoms with Crippen LogP contribution in [-0.2, 0) is 14.8 Å². The lowest BCUT2D eigenvalue weighted by atomic mass is 10.2. The summed E-state index contributed by atoms with van der Waals surface area (Å²) in [6.07, 6.45) is 2.03. The third-order valence-electron chi connectivity index (χ3n) is 4.55. The summed E-state index contributed by atoms with van der Waals surface area (Å²) in [6.45, 7) is 3.31. The molecule has 1 heterocycles. The van der Waals surface area contributed by atoms with Crippen LogP contribution in [0.4, 0.5) is 5.69 Å². The lowest BCUT2D eigenvalue weighted by Gasteiger charge is -2.23. The van der Waals surface area contributed by atoms with Crippen LogP contribution in [0.5, 0.6) is 0 Å². The summed E-state index contributed by atoms with van der Waals surface area (Å²) in [5.74, 6) is -0.232. The molecule has 2 aromatic carbocycles. The summed E-state index contributed by atoms with van der Waals surface area (Å²) in [7, 11) is -3.69. The Hall–Kier alpha value is -2.38. The lowest BCUT2D eigenvalue weighted by Crippen LogP contribution is -2.32. The van der Waals surface area contributed by atoms with E-state index in [2.05, 4.69) is 5.32 Å². The quantitative estimate of drug-likeness (QED) is 0.791. The van der Waals surface area contributed by atoms with E-state index in [0.717, 1.165) is 19.4 Å². The number of rotatable bonds is 7. The number of hydrogen-bond acceptors (Lipinski definition) is 4. The van der Waals surface area contributed by atoms with E-state index in [1.54, 1.807) is 31.2 Å². The zero-order chi connectivity index (χ0) is 19.3. The molecule has 3 rings (SSSR count). The molecular weight excluding hydrogens is 364 g/mol. The summed E-state index contributed by atoms with van der Waals surface area (Å²) in [4.78, 5) is 12.4. The van der Waals surface area contributed by atoms with E-state index in [1.165, 1.54) is 28.6 Å². The number of nitrogens with zero attached hydrogens (tertiary/aromatic N) is 1. The first kappa shape index (κ1) is 19.4. The largest absolute Gasteiger partial charge is 0.376 e. The topological polar surface area (TPSA) is 75.7 Å². The molecule has 1 aliphatic heterocycles. The van der Waals surface area contributed by atoms with E-state index in [4.69, 9.17) is 4.74 Å². The molecule has 6 nitrogen and oxygen atoms in total. The van der Waals surface area contributed by atoms with Gasteiger partial charge in [0.15, 0.2) is 0 Å². The van der Waals surface area contributed by atoms with Crippen LogP contribution in [0.3, 0.4) is 0 Å². The SMILES string of the molecule is CCN(c1ccccc1)S(=O)(=O)c1ccc(C(=O)NCC2CCCO2)cc1. The van der Waals surface area contributed by atoms with Gasteiger partial charge in [0.25, 0.3) is 15.9 Å². The number of ether oxygens (including phenoxy) is 1. The number of sulfonamides is 1. The van der Waals surface area contributed by atoms with E-state index in [0.29, 0.717) is 24.3 Å². The molecule has 1 saturated heterocycles. The molecule has 0 spiro atoms. The van der Waals surface area contributed by atoms with Gasteiger partial charge in [0, 0.05) is 25.3 Å². The van der Waals surface area contributed by atoms with Gasteiger partial charge in [-0.1, -0.05) is 18.2 Å². The van der Waals surface area contributed by atoms with Crippen LogP contribution in [0.2, 0.25) is 0 Å². The van der Waals surface area contributed by atoms with Crippen molar-refractivity contribution in [3.63, 3.8) is 0 Å². The zero-order valence-electron chi connectivity index (χ0n) is 15.3. The third kappa shape index (κ3) is 4.48. The molecule has 0 radical (unpaired) electrons. The molecule has 1 N–H and O–H groups in total. The summed E-state index contributed by atoms with van der Waals surface area (Å²) in [5, 5.41) is 2.84. The highest BCUT2D eigenvalue weighted by atomic mass is 32.2. The molecule has 0 saturated carbocycles. The number of hydrogen-bond donors (Lipinski definition) is 1. The Morgan fingerprint density at radius 1 is 1.15 bits per heavy atom. The van der Waals surface area contributed by atoms with E-state index in [9.17, 15) is 13.2 Å². The fraction of sp³-hybridized carbons (Fsp3) is 0.350. The second kappa shape index (κ2) is 8.54. The van der Waals surface area contributed by atoms with Gasteiger partial charge in [-0.3, -0.25) is 9.10 Å². The van der Waals surface area contributed by atoms with Crippen LogP contribution < -0.4 is 9.62 Å². The fourth-order valence-corrected chi connectivity index (χ4v) is 4.58. The average molecular weight is 388 g/mol. The Morgan fingerprint density at radius 2 is 1.85 bits per heavy atom. The number of benzene rings is 2. The van der Waals surface area contributed by atoms with Crippen LogP contribution in [0.15, 0.2) is 59.5 Å². The van der Waals surface area contributed by atoms with E-state index < -0.39 is 10.0 Å². The monoisotopic (exact) mass is 388 g/mol. The molecule has 1 atom stereocenters. The van der Waals surface area contributed by atoms with Gasteiger partial charge in [-0.2, -0.15) is 0 Å². The Labute approximate surface area is 160 Å². The van der Waals surface area contributed by atoms with E-state index >= 15 is 0 Å². The molecule has 1 amide bonds. The van der Waals surface area contributed by atoms with Crippen LogP contribution in [0, 0.1) is 0 Å². The first-order valence-electron chi connectivity index (χ1n) is 9.10. The summed E-state index contributed by atoms with van der Waals surface area (Å²) >= 11 is 0. The number of carbonyl (C=O) groups excluding carboxylic acids is 1. The molecule has 0 aliphatic carbocycles. The minimum absolute atomic E-state index is 0.0672. The molecule has 1 fully saturated rings. The van der Waals surface area contributed by atoms with Crippen molar-refractivity contribution in [3.05, 3.63) is 60.2 Å². The van der Waals surface area contributed by atoms with Crippen molar-refractivity contribution in [2.75, 3.05) is 24.0 Å². The zero-order valence-corrected chi connectivity index (χ0v) is 16.1. The summed E-state index contributed by atoms with van der Waals surface area (Å²) in [5.41, 5.74) is 1.04. The van der Waals surface area contributed by atoms with Crippen molar-refractivity contribution in [3.8, 4) is 0 Å². The number of carbonyl (C=O) groups is 1. The molecule has 1 unspecified atom stereocenters. The second-order valence-corrected chi connectivity index (χ2v) is 8.24. The smallest absolute Gasteiger partial charge is 0.264 e. The predicted molar refractivity (Wildman–Crippen MR) is 104 cm³/mol. The van der Waals surface area contributed by atoms with E-state index in [1.807, 2.05) is 6.07 Å². The van der Waals surface area contributed by atoms with Gasteiger partial charge in [-0.05, 0) is 56.2 Å². The van der Waals surface area contributed by atoms with Gasteiger partial charge in [0.1, 0.15) is 0 Å². The van der Waals surface area contributed by atoms with Crippen molar-refractivity contribution in [2.45, 2.75) is 30.8 Å². The molecule has 144 valence electrons. The minimum Gasteiger partial charge on any atom is -0.376 e. The summed E-state index contributed by atoms with van der Waals surface area (Å²) < 4.78 is 32.7. The van der Waals surface area contributed by atoms with Gasteiger partial charge in [0.05, 0.1) is 16.7 Å². The maximum absolute atomic E-state index is 13.0. The predicted octanol–water partition coefficient (Wildman–Crippen LogP) is 2.81. The van der Waals surface area contributed by atoms with Gasteiger partial charge < -0.3 is 10.1 Å². The van der Waals surface area contributed by atoms with Crippen LogP contribution >= 0.6 is 0 Å². The van der Waals surface area contributed by atoms with Crippen molar-refractivity contribution >= 4 is 21.6 Å². The molecular formula is C20H24N2O4S. The van der Waals surface area contributed by atoms with Gasteiger partial charge in [-0.25, -0.2) is 8.42 Å². The van der Waals surface area contributed by atoms with Crippen LogP contribution in [0.1, 0.15) is 30.1 Å². The maximum Gasteiger partial charge on any atom is 0.264 e. The van der Waals surface area contributed by atoms with Gasteiger partial charge in [-0.15, -0.1) is 0 Å². The number of amides is 1. The van der Waals surface area contributed by atoms with E-state index in [-0.39, 0.29) is 16.9 Å². The average Bonchev–Trinajstić information content (AvgIpc) is 3.21. The highest BCUT2D eigenvalue weighted by Crippen LogP contribution is 2.23. The number of para-hydroxylation sites is 1. The van der Waals surface area contributed by atoms with Crippen molar-refractivity contribution in [1.82, 2.24) is 5.32 Å².